The molecular weight excluding hydrogens is 237 g/mol. The first-order chi connectivity index (χ1) is 9.19. The topological polar surface area (TPSA) is 12.0 Å². The van der Waals surface area contributed by atoms with Gasteiger partial charge in [0.25, 0.3) is 0 Å². The fourth-order valence-corrected chi connectivity index (χ4v) is 3.21. The summed E-state index contributed by atoms with van der Waals surface area (Å²) >= 11 is 0. The third kappa shape index (κ3) is 4.31. The zero-order valence-electron chi connectivity index (χ0n) is 12.2. The predicted octanol–water partition coefficient (Wildman–Crippen LogP) is 4.24. The van der Waals surface area contributed by atoms with Crippen LogP contribution in [0, 0.1) is 18.7 Å². The lowest BCUT2D eigenvalue weighted by Crippen LogP contribution is -2.35. The van der Waals surface area contributed by atoms with E-state index >= 15 is 0 Å². The average molecular weight is 263 g/mol. The molecule has 1 nitrogen and oxygen atoms in total. The third-order valence-corrected chi connectivity index (χ3v) is 4.28. The van der Waals surface area contributed by atoms with Crippen LogP contribution in [0.3, 0.4) is 0 Å². The van der Waals surface area contributed by atoms with E-state index in [2.05, 4.69) is 12.2 Å². The van der Waals surface area contributed by atoms with E-state index in [1.807, 2.05) is 13.0 Å². The van der Waals surface area contributed by atoms with Crippen molar-refractivity contribution in [2.24, 2.45) is 5.92 Å². The fraction of sp³-hybridized carbons (Fsp3) is 0.647. The smallest absolute Gasteiger partial charge is 0.123 e. The summed E-state index contributed by atoms with van der Waals surface area (Å²) in [7, 11) is 0. The van der Waals surface area contributed by atoms with Crippen molar-refractivity contribution in [2.75, 3.05) is 6.54 Å². The normalized spacial score (nSPS) is 23.5. The van der Waals surface area contributed by atoms with Gasteiger partial charge in [-0.05, 0) is 68.3 Å². The van der Waals surface area contributed by atoms with Crippen molar-refractivity contribution in [3.63, 3.8) is 0 Å². The Kier molecular flexibility index (Phi) is 5.38. The molecule has 1 fully saturated rings. The van der Waals surface area contributed by atoms with E-state index in [4.69, 9.17) is 0 Å². The highest BCUT2D eigenvalue weighted by Gasteiger charge is 2.22. The second-order valence-electron chi connectivity index (χ2n) is 5.96. The number of benzene rings is 1. The first-order valence-corrected chi connectivity index (χ1v) is 7.67. The van der Waals surface area contributed by atoms with Crippen molar-refractivity contribution in [1.82, 2.24) is 5.32 Å². The van der Waals surface area contributed by atoms with Crippen LogP contribution in [-0.2, 0) is 6.42 Å². The minimum Gasteiger partial charge on any atom is -0.314 e. The molecule has 0 spiro atoms. The van der Waals surface area contributed by atoms with Crippen LogP contribution in [0.2, 0.25) is 0 Å². The standard InChI is InChI=1S/C17H26FN/c1-3-9-19-17-6-4-5-14(12-17)11-15-7-8-16(18)10-13(15)2/h7-8,10,14,17,19H,3-6,9,11-12H2,1-2H3. The molecule has 1 aromatic rings. The Hall–Kier alpha value is -0.890. The molecular formula is C17H26FN. The van der Waals surface area contributed by atoms with Gasteiger partial charge in [0.1, 0.15) is 5.82 Å². The lowest BCUT2D eigenvalue weighted by Gasteiger charge is -2.30. The molecule has 0 saturated heterocycles. The number of hydrogen-bond donors (Lipinski definition) is 1. The molecule has 0 radical (unpaired) electrons. The monoisotopic (exact) mass is 263 g/mol. The maximum absolute atomic E-state index is 13.1. The second kappa shape index (κ2) is 7.04. The van der Waals surface area contributed by atoms with Crippen molar-refractivity contribution < 1.29 is 4.39 Å². The van der Waals surface area contributed by atoms with E-state index in [1.165, 1.54) is 37.7 Å². The summed E-state index contributed by atoms with van der Waals surface area (Å²) in [6.07, 6.45) is 7.55. The molecule has 2 atom stereocenters. The Morgan fingerprint density at radius 1 is 1.32 bits per heavy atom. The van der Waals surface area contributed by atoms with E-state index in [0.717, 1.165) is 24.4 Å². The van der Waals surface area contributed by atoms with E-state index in [9.17, 15) is 4.39 Å². The Labute approximate surface area is 116 Å². The van der Waals surface area contributed by atoms with Gasteiger partial charge in [-0.3, -0.25) is 0 Å². The summed E-state index contributed by atoms with van der Waals surface area (Å²) < 4.78 is 13.1. The van der Waals surface area contributed by atoms with Gasteiger partial charge in [0, 0.05) is 6.04 Å². The number of hydrogen-bond acceptors (Lipinski definition) is 1. The Bertz CT molecular complexity index is 402. The van der Waals surface area contributed by atoms with E-state index in [0.29, 0.717) is 6.04 Å². The van der Waals surface area contributed by atoms with Crippen LogP contribution in [0.1, 0.15) is 50.2 Å². The molecule has 2 rings (SSSR count). The Balaban J connectivity index is 1.91. The summed E-state index contributed by atoms with van der Waals surface area (Å²) in [5.74, 6) is 0.639. The number of halogens is 1. The van der Waals surface area contributed by atoms with Crippen molar-refractivity contribution >= 4 is 0 Å². The van der Waals surface area contributed by atoms with Gasteiger partial charge in [-0.25, -0.2) is 4.39 Å². The molecule has 0 amide bonds. The second-order valence-corrected chi connectivity index (χ2v) is 5.96. The lowest BCUT2D eigenvalue weighted by atomic mass is 9.81. The van der Waals surface area contributed by atoms with Gasteiger partial charge < -0.3 is 5.32 Å². The third-order valence-electron chi connectivity index (χ3n) is 4.28. The van der Waals surface area contributed by atoms with Crippen LogP contribution in [0.25, 0.3) is 0 Å². The van der Waals surface area contributed by atoms with E-state index < -0.39 is 0 Å². The summed E-state index contributed by atoms with van der Waals surface area (Å²) in [5.41, 5.74) is 2.42. The number of nitrogens with one attached hydrogen (secondary N) is 1. The van der Waals surface area contributed by atoms with E-state index in [-0.39, 0.29) is 5.82 Å². The molecule has 106 valence electrons. The van der Waals surface area contributed by atoms with Gasteiger partial charge in [-0.15, -0.1) is 0 Å². The molecule has 1 aromatic carbocycles. The maximum Gasteiger partial charge on any atom is 0.123 e. The van der Waals surface area contributed by atoms with Crippen LogP contribution in [0.15, 0.2) is 18.2 Å². The molecule has 2 heteroatoms. The number of rotatable bonds is 5. The molecule has 0 aromatic heterocycles. The Morgan fingerprint density at radius 3 is 2.89 bits per heavy atom. The highest BCUT2D eigenvalue weighted by molar-refractivity contribution is 5.27. The average Bonchev–Trinajstić information content (AvgIpc) is 2.40. The molecule has 1 saturated carbocycles. The molecule has 19 heavy (non-hydrogen) atoms. The molecule has 0 heterocycles. The minimum absolute atomic E-state index is 0.118. The first-order valence-electron chi connectivity index (χ1n) is 7.67. The molecule has 1 aliphatic rings. The summed E-state index contributed by atoms with van der Waals surface area (Å²) in [6, 6.07) is 5.91. The van der Waals surface area contributed by atoms with Crippen LogP contribution < -0.4 is 5.32 Å². The van der Waals surface area contributed by atoms with Crippen molar-refractivity contribution in [3.8, 4) is 0 Å². The quantitative estimate of drug-likeness (QED) is 0.838. The summed E-state index contributed by atoms with van der Waals surface area (Å²) in [6.45, 7) is 5.37. The van der Waals surface area contributed by atoms with Crippen LogP contribution >= 0.6 is 0 Å². The molecule has 1 aliphatic carbocycles. The van der Waals surface area contributed by atoms with Gasteiger partial charge >= 0.3 is 0 Å². The zero-order chi connectivity index (χ0) is 13.7. The lowest BCUT2D eigenvalue weighted by molar-refractivity contribution is 0.284. The van der Waals surface area contributed by atoms with Crippen molar-refractivity contribution in [2.45, 2.75) is 58.4 Å². The van der Waals surface area contributed by atoms with Crippen LogP contribution in [0.5, 0.6) is 0 Å². The first kappa shape index (κ1) is 14.5. The summed E-state index contributed by atoms with van der Waals surface area (Å²) in [4.78, 5) is 0. The van der Waals surface area contributed by atoms with Crippen LogP contribution in [0.4, 0.5) is 4.39 Å². The van der Waals surface area contributed by atoms with Crippen molar-refractivity contribution in [3.05, 3.63) is 35.1 Å². The van der Waals surface area contributed by atoms with Gasteiger partial charge in [-0.2, -0.15) is 0 Å². The molecule has 2 unspecified atom stereocenters. The van der Waals surface area contributed by atoms with Gasteiger partial charge in [0.05, 0.1) is 0 Å². The van der Waals surface area contributed by atoms with Gasteiger partial charge in [0.2, 0.25) is 0 Å². The minimum atomic E-state index is -0.118. The van der Waals surface area contributed by atoms with Gasteiger partial charge in [0.15, 0.2) is 0 Å². The van der Waals surface area contributed by atoms with Crippen molar-refractivity contribution in [1.29, 1.82) is 0 Å². The SMILES string of the molecule is CCCNC1CCCC(Cc2ccc(F)cc2C)C1. The molecule has 1 N–H and O–H groups in total. The number of aryl methyl sites for hydroxylation is 1. The summed E-state index contributed by atoms with van der Waals surface area (Å²) in [5, 5.41) is 3.65. The fourth-order valence-electron chi connectivity index (χ4n) is 3.21. The predicted molar refractivity (Wildman–Crippen MR) is 78.9 cm³/mol. The molecule has 0 bridgehead atoms. The van der Waals surface area contributed by atoms with E-state index in [1.54, 1.807) is 12.1 Å². The Morgan fingerprint density at radius 2 is 2.16 bits per heavy atom. The maximum atomic E-state index is 13.1. The van der Waals surface area contributed by atoms with Crippen LogP contribution in [-0.4, -0.2) is 12.6 Å². The van der Waals surface area contributed by atoms with Gasteiger partial charge in [-0.1, -0.05) is 25.8 Å². The highest BCUT2D eigenvalue weighted by Crippen LogP contribution is 2.28. The highest BCUT2D eigenvalue weighted by atomic mass is 19.1. The zero-order valence-corrected chi connectivity index (χ0v) is 12.2. The molecule has 0 aliphatic heterocycles. The largest absolute Gasteiger partial charge is 0.314 e.